The molecule has 1 aromatic carbocycles. The van der Waals surface area contributed by atoms with Gasteiger partial charge < -0.3 is 19.9 Å². The van der Waals surface area contributed by atoms with Crippen LogP contribution in [0.4, 0.5) is 0 Å². The minimum Gasteiger partial charge on any atom is -0.454 e. The number of benzene rings is 1. The van der Waals surface area contributed by atoms with Gasteiger partial charge in [0.25, 0.3) is 17.7 Å². The number of piperazine rings is 1. The van der Waals surface area contributed by atoms with Crippen LogP contribution in [-0.4, -0.2) is 72.8 Å². The van der Waals surface area contributed by atoms with Crippen LogP contribution in [0, 0.1) is 13.8 Å². The molecular formula is C22H25N3O5S. The maximum Gasteiger partial charge on any atom is 0.325 e. The fourth-order valence-corrected chi connectivity index (χ4v) is 3.83. The molecule has 0 aliphatic carbocycles. The SMILES string of the molecule is Cc1ccc(C(=O)NCC(=O)OCC(=O)N2CCN(C(=O)c3cccs3)CC2)cc1C. The first-order valence-corrected chi connectivity index (χ1v) is 10.8. The molecule has 0 bridgehead atoms. The van der Waals surface area contributed by atoms with Crippen LogP contribution in [-0.2, 0) is 14.3 Å². The van der Waals surface area contributed by atoms with E-state index in [-0.39, 0.29) is 24.3 Å². The summed E-state index contributed by atoms with van der Waals surface area (Å²) in [7, 11) is 0. The lowest BCUT2D eigenvalue weighted by Gasteiger charge is -2.34. The van der Waals surface area contributed by atoms with E-state index in [1.807, 2.05) is 31.4 Å². The Hall–Kier alpha value is -3.20. The Labute approximate surface area is 184 Å². The highest BCUT2D eigenvalue weighted by Gasteiger charge is 2.25. The second-order valence-corrected chi connectivity index (χ2v) is 8.24. The second kappa shape index (κ2) is 10.2. The van der Waals surface area contributed by atoms with E-state index in [1.165, 1.54) is 11.3 Å². The van der Waals surface area contributed by atoms with Gasteiger partial charge in [0.05, 0.1) is 4.88 Å². The third-order valence-electron chi connectivity index (χ3n) is 5.17. The minimum atomic E-state index is -0.683. The number of hydrogen-bond donors (Lipinski definition) is 1. The predicted octanol–water partition coefficient (Wildman–Crippen LogP) is 1.62. The van der Waals surface area contributed by atoms with Gasteiger partial charge in [-0.2, -0.15) is 0 Å². The van der Waals surface area contributed by atoms with Crippen molar-refractivity contribution in [3.05, 3.63) is 57.3 Å². The molecule has 8 nitrogen and oxygen atoms in total. The van der Waals surface area contributed by atoms with Crippen molar-refractivity contribution in [3.8, 4) is 0 Å². The van der Waals surface area contributed by atoms with Crippen molar-refractivity contribution in [2.75, 3.05) is 39.3 Å². The van der Waals surface area contributed by atoms with E-state index in [0.29, 0.717) is 36.6 Å². The predicted molar refractivity (Wildman–Crippen MR) is 116 cm³/mol. The molecular weight excluding hydrogens is 418 g/mol. The van der Waals surface area contributed by atoms with Crippen molar-refractivity contribution < 1.29 is 23.9 Å². The van der Waals surface area contributed by atoms with Crippen molar-refractivity contribution >= 4 is 35.0 Å². The highest BCUT2D eigenvalue weighted by Crippen LogP contribution is 2.14. The van der Waals surface area contributed by atoms with E-state index in [4.69, 9.17) is 4.74 Å². The van der Waals surface area contributed by atoms with Gasteiger partial charge in [-0.3, -0.25) is 19.2 Å². The lowest BCUT2D eigenvalue weighted by molar-refractivity contribution is -0.151. The van der Waals surface area contributed by atoms with E-state index in [2.05, 4.69) is 5.32 Å². The summed E-state index contributed by atoms with van der Waals surface area (Å²) in [4.78, 5) is 52.6. The van der Waals surface area contributed by atoms with Crippen LogP contribution < -0.4 is 5.32 Å². The van der Waals surface area contributed by atoms with E-state index in [0.717, 1.165) is 11.1 Å². The lowest BCUT2D eigenvalue weighted by Crippen LogP contribution is -2.51. The Bertz CT molecular complexity index is 966. The largest absolute Gasteiger partial charge is 0.454 e. The number of nitrogens with one attached hydrogen (secondary N) is 1. The van der Waals surface area contributed by atoms with Crippen LogP contribution in [0.15, 0.2) is 35.7 Å². The van der Waals surface area contributed by atoms with Gasteiger partial charge >= 0.3 is 5.97 Å². The van der Waals surface area contributed by atoms with Crippen LogP contribution in [0.25, 0.3) is 0 Å². The Morgan fingerprint density at radius 3 is 2.35 bits per heavy atom. The third kappa shape index (κ3) is 5.91. The molecule has 1 saturated heterocycles. The van der Waals surface area contributed by atoms with E-state index < -0.39 is 12.6 Å². The zero-order valence-corrected chi connectivity index (χ0v) is 18.4. The number of carbonyl (C=O) groups excluding carboxylic acids is 4. The molecule has 1 aliphatic heterocycles. The van der Waals surface area contributed by atoms with Crippen molar-refractivity contribution in [2.45, 2.75) is 13.8 Å². The Balaban J connectivity index is 1.37. The number of aryl methyl sites for hydroxylation is 2. The number of rotatable bonds is 6. The standard InChI is InChI=1S/C22H25N3O5S/c1-15-5-6-17(12-16(15)2)21(28)23-13-20(27)30-14-19(26)24-7-9-25(10-8-24)22(29)18-4-3-11-31-18/h3-6,11-12H,7-10,13-14H2,1-2H3,(H,23,28). The summed E-state index contributed by atoms with van der Waals surface area (Å²) in [5.41, 5.74) is 2.52. The fraction of sp³-hybridized carbons (Fsp3) is 0.364. The zero-order chi connectivity index (χ0) is 22.4. The Morgan fingerprint density at radius 2 is 1.71 bits per heavy atom. The van der Waals surface area contributed by atoms with Gasteiger partial charge in [-0.15, -0.1) is 11.3 Å². The first-order chi connectivity index (χ1) is 14.8. The summed E-state index contributed by atoms with van der Waals surface area (Å²) in [5.74, 6) is -1.42. The summed E-state index contributed by atoms with van der Waals surface area (Å²) in [6.07, 6.45) is 0. The zero-order valence-electron chi connectivity index (χ0n) is 17.6. The van der Waals surface area contributed by atoms with Crippen LogP contribution in [0.2, 0.25) is 0 Å². The summed E-state index contributed by atoms with van der Waals surface area (Å²) >= 11 is 1.39. The summed E-state index contributed by atoms with van der Waals surface area (Å²) in [6.45, 7) is 4.79. The molecule has 0 saturated carbocycles. The maximum absolute atomic E-state index is 12.3. The molecule has 0 radical (unpaired) electrons. The highest BCUT2D eigenvalue weighted by atomic mass is 32.1. The molecule has 9 heteroatoms. The molecule has 1 aliphatic rings. The van der Waals surface area contributed by atoms with Crippen LogP contribution >= 0.6 is 11.3 Å². The van der Waals surface area contributed by atoms with E-state index in [1.54, 1.807) is 28.0 Å². The molecule has 1 aromatic heterocycles. The number of nitrogens with zero attached hydrogens (tertiary/aromatic N) is 2. The molecule has 0 unspecified atom stereocenters. The highest BCUT2D eigenvalue weighted by molar-refractivity contribution is 7.12. The van der Waals surface area contributed by atoms with Gasteiger partial charge in [0, 0.05) is 31.7 Å². The molecule has 1 N–H and O–H groups in total. The molecule has 2 heterocycles. The van der Waals surface area contributed by atoms with Gasteiger partial charge in [-0.25, -0.2) is 0 Å². The van der Waals surface area contributed by atoms with E-state index >= 15 is 0 Å². The first kappa shape index (κ1) is 22.5. The Morgan fingerprint density at radius 1 is 1.00 bits per heavy atom. The molecule has 31 heavy (non-hydrogen) atoms. The average Bonchev–Trinajstić information content (AvgIpc) is 3.32. The first-order valence-electron chi connectivity index (χ1n) is 9.97. The van der Waals surface area contributed by atoms with Gasteiger partial charge in [0.2, 0.25) is 0 Å². The number of carbonyl (C=O) groups is 4. The van der Waals surface area contributed by atoms with Crippen molar-refractivity contribution in [3.63, 3.8) is 0 Å². The Kier molecular flexibility index (Phi) is 7.41. The number of esters is 1. The molecule has 3 rings (SSSR count). The quantitative estimate of drug-likeness (QED) is 0.685. The normalized spacial score (nSPS) is 13.6. The number of ether oxygens (including phenoxy) is 1. The van der Waals surface area contributed by atoms with E-state index in [9.17, 15) is 19.2 Å². The third-order valence-corrected chi connectivity index (χ3v) is 6.03. The van der Waals surface area contributed by atoms with Crippen LogP contribution in [0.5, 0.6) is 0 Å². The molecule has 3 amide bonds. The molecule has 2 aromatic rings. The molecule has 1 fully saturated rings. The molecule has 164 valence electrons. The number of thiophene rings is 1. The lowest BCUT2D eigenvalue weighted by atomic mass is 10.1. The van der Waals surface area contributed by atoms with Gasteiger partial charge in [-0.05, 0) is 48.6 Å². The van der Waals surface area contributed by atoms with Crippen molar-refractivity contribution in [1.82, 2.24) is 15.1 Å². The van der Waals surface area contributed by atoms with Crippen molar-refractivity contribution in [2.24, 2.45) is 0 Å². The van der Waals surface area contributed by atoms with Gasteiger partial charge in [-0.1, -0.05) is 12.1 Å². The maximum atomic E-state index is 12.3. The fourth-order valence-electron chi connectivity index (χ4n) is 3.14. The average molecular weight is 444 g/mol. The summed E-state index contributed by atoms with van der Waals surface area (Å²) in [6, 6.07) is 8.89. The monoisotopic (exact) mass is 443 g/mol. The number of amides is 3. The topological polar surface area (TPSA) is 96.0 Å². The molecule has 0 atom stereocenters. The second-order valence-electron chi connectivity index (χ2n) is 7.29. The smallest absolute Gasteiger partial charge is 0.325 e. The van der Waals surface area contributed by atoms with Gasteiger partial charge in [0.1, 0.15) is 6.54 Å². The minimum absolute atomic E-state index is 0.0342. The summed E-state index contributed by atoms with van der Waals surface area (Å²) in [5, 5.41) is 4.35. The van der Waals surface area contributed by atoms with Gasteiger partial charge in [0.15, 0.2) is 6.61 Å². The molecule has 0 spiro atoms. The van der Waals surface area contributed by atoms with Crippen LogP contribution in [0.1, 0.15) is 31.2 Å². The van der Waals surface area contributed by atoms with Crippen molar-refractivity contribution in [1.29, 1.82) is 0 Å². The van der Waals surface area contributed by atoms with Crippen LogP contribution in [0.3, 0.4) is 0 Å². The summed E-state index contributed by atoms with van der Waals surface area (Å²) < 4.78 is 5.00. The number of hydrogen-bond acceptors (Lipinski definition) is 6.